The fourth-order valence-electron chi connectivity index (χ4n) is 2.18. The van der Waals surface area contributed by atoms with Crippen LogP contribution in [-0.2, 0) is 13.6 Å². The van der Waals surface area contributed by atoms with E-state index in [0.717, 1.165) is 17.0 Å². The Morgan fingerprint density at radius 2 is 2.00 bits per heavy atom. The minimum atomic E-state index is -0.163. The molecule has 0 saturated heterocycles. The summed E-state index contributed by atoms with van der Waals surface area (Å²) in [5, 5.41) is 7.26. The van der Waals surface area contributed by atoms with Crippen LogP contribution in [0.2, 0.25) is 0 Å². The first-order valence-electron chi connectivity index (χ1n) is 6.85. The van der Waals surface area contributed by atoms with Crippen LogP contribution < -0.4 is 5.32 Å². The summed E-state index contributed by atoms with van der Waals surface area (Å²) in [5.74, 6) is -0.163. The van der Waals surface area contributed by atoms with Crippen molar-refractivity contribution in [3.8, 4) is 11.3 Å². The van der Waals surface area contributed by atoms with E-state index in [1.54, 1.807) is 35.4 Å². The van der Waals surface area contributed by atoms with E-state index >= 15 is 0 Å². The Bertz CT molecular complexity index is 768. The van der Waals surface area contributed by atoms with Crippen molar-refractivity contribution in [2.75, 3.05) is 0 Å². The Hall–Kier alpha value is -3.02. The standard InChI is InChI=1S/C16H15N5O/c1-21-15(12-4-7-17-8-5-12)9-14(20-21)11-19-16(22)13-3-2-6-18-10-13/h2-10H,11H2,1H3,(H,19,22). The molecule has 0 aromatic carbocycles. The van der Waals surface area contributed by atoms with Crippen molar-refractivity contribution in [1.29, 1.82) is 0 Å². The van der Waals surface area contributed by atoms with Gasteiger partial charge in [-0.05, 0) is 30.3 Å². The maximum absolute atomic E-state index is 12.0. The maximum atomic E-state index is 12.0. The third kappa shape index (κ3) is 3.01. The molecule has 110 valence electrons. The molecule has 3 heterocycles. The van der Waals surface area contributed by atoms with Crippen molar-refractivity contribution in [3.05, 3.63) is 66.4 Å². The summed E-state index contributed by atoms with van der Waals surface area (Å²) in [6.45, 7) is 0.368. The molecule has 0 fully saturated rings. The average molecular weight is 293 g/mol. The van der Waals surface area contributed by atoms with E-state index < -0.39 is 0 Å². The van der Waals surface area contributed by atoms with Crippen LogP contribution in [0.3, 0.4) is 0 Å². The van der Waals surface area contributed by atoms with Gasteiger partial charge in [0.25, 0.3) is 5.91 Å². The second-order valence-corrected chi connectivity index (χ2v) is 4.80. The summed E-state index contributed by atoms with van der Waals surface area (Å²) in [5.41, 5.74) is 3.35. The summed E-state index contributed by atoms with van der Waals surface area (Å²) in [4.78, 5) is 19.9. The molecule has 0 radical (unpaired) electrons. The smallest absolute Gasteiger partial charge is 0.253 e. The largest absolute Gasteiger partial charge is 0.346 e. The Morgan fingerprint density at radius 3 is 2.73 bits per heavy atom. The molecule has 1 amide bonds. The number of hydrogen-bond donors (Lipinski definition) is 1. The highest BCUT2D eigenvalue weighted by Gasteiger charge is 2.09. The summed E-state index contributed by atoms with van der Waals surface area (Å²) in [6.07, 6.45) is 6.66. The number of aryl methyl sites for hydroxylation is 1. The number of nitrogens with zero attached hydrogens (tertiary/aromatic N) is 4. The normalized spacial score (nSPS) is 10.4. The monoisotopic (exact) mass is 293 g/mol. The van der Waals surface area contributed by atoms with Crippen molar-refractivity contribution >= 4 is 5.91 Å². The van der Waals surface area contributed by atoms with E-state index in [0.29, 0.717) is 12.1 Å². The molecule has 0 spiro atoms. The van der Waals surface area contributed by atoms with E-state index in [9.17, 15) is 4.79 Å². The Labute approximate surface area is 127 Å². The first kappa shape index (κ1) is 13.9. The van der Waals surface area contributed by atoms with Crippen LogP contribution in [-0.4, -0.2) is 25.7 Å². The predicted molar refractivity (Wildman–Crippen MR) is 81.8 cm³/mol. The number of pyridine rings is 2. The Balaban J connectivity index is 1.71. The molecule has 0 saturated carbocycles. The van der Waals surface area contributed by atoms with Crippen LogP contribution in [0.4, 0.5) is 0 Å². The fourth-order valence-corrected chi connectivity index (χ4v) is 2.18. The van der Waals surface area contributed by atoms with Crippen molar-refractivity contribution in [2.24, 2.45) is 7.05 Å². The minimum absolute atomic E-state index is 0.163. The Kier molecular flexibility index (Phi) is 3.91. The molecule has 0 aliphatic carbocycles. The highest BCUT2D eigenvalue weighted by molar-refractivity contribution is 5.93. The van der Waals surface area contributed by atoms with E-state index in [1.165, 1.54) is 6.20 Å². The van der Waals surface area contributed by atoms with Crippen LogP contribution in [0.5, 0.6) is 0 Å². The third-order valence-corrected chi connectivity index (χ3v) is 3.26. The molecule has 0 unspecified atom stereocenters. The van der Waals surface area contributed by atoms with Gasteiger partial charge in [0.15, 0.2) is 0 Å². The zero-order valence-corrected chi connectivity index (χ0v) is 12.1. The first-order valence-corrected chi connectivity index (χ1v) is 6.85. The van der Waals surface area contributed by atoms with Gasteiger partial charge in [0.2, 0.25) is 0 Å². The van der Waals surface area contributed by atoms with Gasteiger partial charge in [0.1, 0.15) is 0 Å². The second-order valence-electron chi connectivity index (χ2n) is 4.80. The summed E-state index contributed by atoms with van der Waals surface area (Å²) >= 11 is 0. The van der Waals surface area contributed by atoms with Crippen LogP contribution in [0.1, 0.15) is 16.1 Å². The topological polar surface area (TPSA) is 72.7 Å². The average Bonchev–Trinajstić information content (AvgIpc) is 2.95. The van der Waals surface area contributed by atoms with Crippen LogP contribution >= 0.6 is 0 Å². The number of hydrogen-bond acceptors (Lipinski definition) is 4. The van der Waals surface area contributed by atoms with Crippen LogP contribution in [0.15, 0.2) is 55.1 Å². The predicted octanol–water partition coefficient (Wildman–Crippen LogP) is 1.81. The molecule has 6 heteroatoms. The lowest BCUT2D eigenvalue weighted by atomic mass is 10.2. The molecule has 3 aromatic heterocycles. The molecule has 0 aliphatic heterocycles. The third-order valence-electron chi connectivity index (χ3n) is 3.26. The van der Waals surface area contributed by atoms with Gasteiger partial charge in [0, 0.05) is 37.4 Å². The van der Waals surface area contributed by atoms with Gasteiger partial charge in [-0.15, -0.1) is 0 Å². The Morgan fingerprint density at radius 1 is 1.18 bits per heavy atom. The fraction of sp³-hybridized carbons (Fsp3) is 0.125. The van der Waals surface area contributed by atoms with Gasteiger partial charge in [-0.2, -0.15) is 5.10 Å². The van der Waals surface area contributed by atoms with Gasteiger partial charge in [-0.25, -0.2) is 0 Å². The van der Waals surface area contributed by atoms with E-state index in [-0.39, 0.29) is 5.91 Å². The van der Waals surface area contributed by atoms with Gasteiger partial charge in [-0.3, -0.25) is 19.4 Å². The van der Waals surface area contributed by atoms with E-state index in [1.807, 2.05) is 25.2 Å². The van der Waals surface area contributed by atoms with Gasteiger partial charge >= 0.3 is 0 Å². The second kappa shape index (κ2) is 6.17. The first-order chi connectivity index (χ1) is 10.7. The summed E-state index contributed by atoms with van der Waals surface area (Å²) in [6, 6.07) is 9.27. The van der Waals surface area contributed by atoms with Crippen molar-refractivity contribution < 1.29 is 4.79 Å². The summed E-state index contributed by atoms with van der Waals surface area (Å²) < 4.78 is 1.79. The molecule has 22 heavy (non-hydrogen) atoms. The number of carbonyl (C=O) groups is 1. The molecule has 1 N–H and O–H groups in total. The molecule has 6 nitrogen and oxygen atoms in total. The van der Waals surface area contributed by atoms with E-state index in [2.05, 4.69) is 20.4 Å². The van der Waals surface area contributed by atoms with E-state index in [4.69, 9.17) is 0 Å². The number of carbonyl (C=O) groups excluding carboxylic acids is 1. The molecule has 0 bridgehead atoms. The molecule has 3 aromatic rings. The number of nitrogens with one attached hydrogen (secondary N) is 1. The lowest BCUT2D eigenvalue weighted by molar-refractivity contribution is 0.0950. The zero-order chi connectivity index (χ0) is 15.4. The highest BCUT2D eigenvalue weighted by atomic mass is 16.1. The molecule has 0 aliphatic rings. The maximum Gasteiger partial charge on any atom is 0.253 e. The molecule has 3 rings (SSSR count). The van der Waals surface area contributed by atoms with Crippen LogP contribution in [0.25, 0.3) is 11.3 Å². The number of amides is 1. The SMILES string of the molecule is Cn1nc(CNC(=O)c2cccnc2)cc1-c1ccncc1. The van der Waals surface area contributed by atoms with Crippen LogP contribution in [0, 0.1) is 0 Å². The van der Waals surface area contributed by atoms with Gasteiger partial charge in [-0.1, -0.05) is 0 Å². The lowest BCUT2D eigenvalue weighted by Crippen LogP contribution is -2.23. The van der Waals surface area contributed by atoms with Crippen molar-refractivity contribution in [1.82, 2.24) is 25.1 Å². The molecule has 0 atom stereocenters. The van der Waals surface area contributed by atoms with Crippen molar-refractivity contribution in [3.63, 3.8) is 0 Å². The van der Waals surface area contributed by atoms with Gasteiger partial charge < -0.3 is 5.32 Å². The number of rotatable bonds is 4. The number of aromatic nitrogens is 4. The molecular weight excluding hydrogens is 278 g/mol. The zero-order valence-electron chi connectivity index (χ0n) is 12.1. The van der Waals surface area contributed by atoms with Crippen molar-refractivity contribution in [2.45, 2.75) is 6.54 Å². The lowest BCUT2D eigenvalue weighted by Gasteiger charge is -2.02. The quantitative estimate of drug-likeness (QED) is 0.796. The summed E-state index contributed by atoms with van der Waals surface area (Å²) in [7, 11) is 1.88. The highest BCUT2D eigenvalue weighted by Crippen LogP contribution is 2.18. The van der Waals surface area contributed by atoms with Gasteiger partial charge in [0.05, 0.1) is 23.5 Å². The minimum Gasteiger partial charge on any atom is -0.346 e. The molecular formula is C16H15N5O.